The third-order valence-electron chi connectivity index (χ3n) is 8.16. The van der Waals surface area contributed by atoms with Crippen molar-refractivity contribution in [3.63, 3.8) is 0 Å². The minimum atomic E-state index is -1.01. The number of benzene rings is 4. The van der Waals surface area contributed by atoms with E-state index < -0.39 is 18.2 Å². The van der Waals surface area contributed by atoms with Crippen molar-refractivity contribution in [2.75, 3.05) is 23.8 Å². The Morgan fingerprint density at radius 1 is 0.596 bits per heavy atom. The molecule has 292 valence electrons. The first kappa shape index (κ1) is 40.8. The zero-order chi connectivity index (χ0) is 40.7. The molecule has 4 N–H and O–H groups in total. The van der Waals surface area contributed by atoms with Crippen LogP contribution in [0.1, 0.15) is 40.9 Å². The molecule has 15 nitrogen and oxygen atoms in total. The van der Waals surface area contributed by atoms with Gasteiger partial charge in [-0.1, -0.05) is 60.7 Å². The van der Waals surface area contributed by atoms with Gasteiger partial charge in [0.05, 0.1) is 49.9 Å². The molecule has 2 amide bonds. The van der Waals surface area contributed by atoms with Gasteiger partial charge in [0.2, 0.25) is 0 Å². The van der Waals surface area contributed by atoms with Crippen LogP contribution >= 0.6 is 0 Å². The Bertz CT molecular complexity index is 2450. The molecule has 6 aromatic rings. The number of aliphatic hydroxyl groups is 1. The first-order valence-electron chi connectivity index (χ1n) is 17.8. The monoisotopic (exact) mass is 772 g/mol. The summed E-state index contributed by atoms with van der Waals surface area (Å²) in [7, 11) is 0. The van der Waals surface area contributed by atoms with Crippen LogP contribution in [0.5, 0.6) is 0 Å². The maximum atomic E-state index is 12.2. The van der Waals surface area contributed by atoms with Crippen LogP contribution in [0, 0.1) is 0 Å². The molecule has 0 bridgehead atoms. The molecule has 0 aliphatic rings. The number of rotatable bonds is 12. The number of carboxylic acids is 1. The Kier molecular flexibility index (Phi) is 14.2. The molecule has 0 unspecified atom stereocenters. The minimum Gasteiger partial charge on any atom is -0.478 e. The van der Waals surface area contributed by atoms with E-state index in [0.717, 1.165) is 22.3 Å². The molecular weight excluding hydrogens is 732 g/mol. The summed E-state index contributed by atoms with van der Waals surface area (Å²) in [6, 6.07) is 33.9. The van der Waals surface area contributed by atoms with Crippen LogP contribution in [0.4, 0.5) is 21.0 Å². The highest BCUT2D eigenvalue weighted by Crippen LogP contribution is 2.19. The summed E-state index contributed by atoms with van der Waals surface area (Å²) >= 11 is 0. The summed E-state index contributed by atoms with van der Waals surface area (Å²) < 4.78 is 12.4. The topological polar surface area (TPSA) is 204 Å². The van der Waals surface area contributed by atoms with Crippen LogP contribution in [0.3, 0.4) is 0 Å². The standard InChI is InChI=1S/C21H19N3O5.C21H21N3O4/c1-2-29-21(28)22-17-5-3-4-14(12-17)13-24-19(25)11-10-18(23-24)15-6-8-16(9-7-15)20(26)27;1-2-28-21(27)22-18-5-3-4-16(12-18)13-24-20(26)11-10-19(23-24)17-8-6-15(14-25)7-9-17/h3-12H,2,13H2,1H3,(H,22,28)(H,26,27);3-12,25H,2,13-14H2,1H3,(H,22,27). The predicted molar refractivity (Wildman–Crippen MR) is 213 cm³/mol. The molecule has 0 radical (unpaired) electrons. The Hall–Kier alpha value is -7.39. The van der Waals surface area contributed by atoms with E-state index in [1.165, 1.54) is 33.6 Å². The quantitative estimate of drug-likeness (QED) is 0.110. The number of nitrogens with zero attached hydrogens (tertiary/aromatic N) is 4. The summed E-state index contributed by atoms with van der Waals surface area (Å²) in [5.74, 6) is -1.01. The van der Waals surface area contributed by atoms with Crippen LogP contribution in [0.25, 0.3) is 22.5 Å². The number of hydrogen-bond donors (Lipinski definition) is 4. The van der Waals surface area contributed by atoms with E-state index in [9.17, 15) is 24.0 Å². The van der Waals surface area contributed by atoms with E-state index >= 15 is 0 Å². The molecular formula is C42H40N6O9. The van der Waals surface area contributed by atoms with Gasteiger partial charge < -0.3 is 19.7 Å². The van der Waals surface area contributed by atoms with Gasteiger partial charge in [-0.05, 0) is 79.1 Å². The second-order valence-electron chi connectivity index (χ2n) is 12.3. The highest BCUT2D eigenvalue weighted by molar-refractivity contribution is 5.88. The van der Waals surface area contributed by atoms with Gasteiger partial charge in [-0.25, -0.2) is 23.7 Å². The van der Waals surface area contributed by atoms with Crippen molar-refractivity contribution in [1.29, 1.82) is 0 Å². The lowest BCUT2D eigenvalue weighted by molar-refractivity contribution is 0.0696. The Morgan fingerprint density at radius 3 is 1.44 bits per heavy atom. The van der Waals surface area contributed by atoms with Crippen LogP contribution in [0.15, 0.2) is 131 Å². The van der Waals surface area contributed by atoms with Crippen molar-refractivity contribution in [2.24, 2.45) is 0 Å². The van der Waals surface area contributed by atoms with Gasteiger partial charge in [-0.3, -0.25) is 20.2 Å². The molecule has 0 aliphatic heterocycles. The van der Waals surface area contributed by atoms with Crippen molar-refractivity contribution in [3.05, 3.63) is 164 Å². The molecule has 0 saturated carbocycles. The fraction of sp³-hybridized carbons (Fsp3) is 0.167. The van der Waals surface area contributed by atoms with E-state index in [4.69, 9.17) is 19.7 Å². The maximum Gasteiger partial charge on any atom is 0.411 e. The van der Waals surface area contributed by atoms with Crippen molar-refractivity contribution in [3.8, 4) is 22.5 Å². The summed E-state index contributed by atoms with van der Waals surface area (Å²) in [5.41, 5.74) is 5.95. The minimum absolute atomic E-state index is 0.0244. The van der Waals surface area contributed by atoms with Crippen molar-refractivity contribution in [1.82, 2.24) is 19.6 Å². The summed E-state index contributed by atoms with van der Waals surface area (Å²) in [6.45, 7) is 4.46. The van der Waals surface area contributed by atoms with Crippen LogP contribution in [-0.4, -0.2) is 61.1 Å². The Balaban J connectivity index is 0.000000218. The van der Waals surface area contributed by atoms with E-state index in [0.29, 0.717) is 28.3 Å². The number of aromatic carboxylic acids is 1. The summed E-state index contributed by atoms with van der Waals surface area (Å²) in [5, 5.41) is 32.2. The van der Waals surface area contributed by atoms with Gasteiger partial charge in [0.25, 0.3) is 11.1 Å². The fourth-order valence-electron chi connectivity index (χ4n) is 5.41. The molecule has 2 aromatic heterocycles. The van der Waals surface area contributed by atoms with Crippen molar-refractivity contribution >= 4 is 29.5 Å². The number of carboxylic acid groups (broad SMARTS) is 1. The van der Waals surface area contributed by atoms with E-state index in [-0.39, 0.29) is 49.6 Å². The molecule has 0 aliphatic carbocycles. The van der Waals surface area contributed by atoms with Crippen LogP contribution in [0.2, 0.25) is 0 Å². The number of hydrogen-bond acceptors (Lipinski definition) is 10. The Morgan fingerprint density at radius 2 is 1.04 bits per heavy atom. The molecule has 0 spiro atoms. The number of nitrogens with one attached hydrogen (secondary N) is 2. The first-order valence-corrected chi connectivity index (χ1v) is 17.8. The van der Waals surface area contributed by atoms with Gasteiger partial charge in [0.1, 0.15) is 0 Å². The third-order valence-corrected chi connectivity index (χ3v) is 8.16. The second-order valence-corrected chi connectivity index (χ2v) is 12.3. The normalized spacial score (nSPS) is 10.4. The van der Waals surface area contributed by atoms with Gasteiger partial charge in [0.15, 0.2) is 0 Å². The third kappa shape index (κ3) is 11.8. The molecule has 4 aromatic carbocycles. The van der Waals surface area contributed by atoms with Gasteiger partial charge in [-0.15, -0.1) is 0 Å². The zero-order valence-electron chi connectivity index (χ0n) is 31.1. The Labute approximate surface area is 326 Å². The number of aliphatic hydroxyl groups excluding tert-OH is 1. The number of aromatic nitrogens is 4. The van der Waals surface area contributed by atoms with Gasteiger partial charge in [-0.2, -0.15) is 10.2 Å². The van der Waals surface area contributed by atoms with Crippen molar-refractivity contribution in [2.45, 2.75) is 33.5 Å². The number of ether oxygens (including phenoxy) is 2. The molecule has 57 heavy (non-hydrogen) atoms. The van der Waals surface area contributed by atoms with E-state index in [2.05, 4.69) is 20.8 Å². The number of carbonyl (C=O) groups is 3. The highest BCUT2D eigenvalue weighted by Gasteiger charge is 2.10. The fourth-order valence-corrected chi connectivity index (χ4v) is 5.41. The molecule has 15 heteroatoms. The number of anilines is 2. The average Bonchev–Trinajstić information content (AvgIpc) is 3.20. The smallest absolute Gasteiger partial charge is 0.411 e. The van der Waals surface area contributed by atoms with E-state index in [1.54, 1.807) is 74.5 Å². The lowest BCUT2D eigenvalue weighted by Gasteiger charge is -2.10. The van der Waals surface area contributed by atoms with Gasteiger partial charge in [0, 0.05) is 34.6 Å². The summed E-state index contributed by atoms with van der Waals surface area (Å²) in [4.78, 5) is 58.6. The molecule has 2 heterocycles. The molecule has 0 saturated heterocycles. The number of carbonyl (C=O) groups excluding carboxylic acids is 2. The van der Waals surface area contributed by atoms with Crippen molar-refractivity contribution < 1.29 is 34.1 Å². The predicted octanol–water partition coefficient (Wildman–Crippen LogP) is 6.24. The lowest BCUT2D eigenvalue weighted by atomic mass is 10.1. The number of amides is 2. The van der Waals surface area contributed by atoms with Crippen LogP contribution in [-0.2, 0) is 29.2 Å². The maximum absolute atomic E-state index is 12.2. The SMILES string of the molecule is CCOC(=O)Nc1cccc(Cn2nc(-c3ccc(C(=O)O)cc3)ccc2=O)c1.CCOC(=O)Nc1cccc(Cn2nc(-c3ccc(CO)cc3)ccc2=O)c1. The highest BCUT2D eigenvalue weighted by atomic mass is 16.6. The zero-order valence-corrected chi connectivity index (χ0v) is 31.1. The van der Waals surface area contributed by atoms with E-state index in [1.807, 2.05) is 36.4 Å². The van der Waals surface area contributed by atoms with Crippen LogP contribution < -0.4 is 21.8 Å². The second kappa shape index (κ2) is 19.8. The lowest BCUT2D eigenvalue weighted by Crippen LogP contribution is -2.23. The van der Waals surface area contributed by atoms with Gasteiger partial charge >= 0.3 is 18.2 Å². The average molecular weight is 773 g/mol. The summed E-state index contributed by atoms with van der Waals surface area (Å²) in [6.07, 6.45) is -1.07. The molecule has 6 rings (SSSR count). The largest absolute Gasteiger partial charge is 0.478 e. The molecule has 0 fully saturated rings. The first-order chi connectivity index (χ1) is 27.5. The molecule has 0 atom stereocenters.